The number of nitrogens with zero attached hydrogens (tertiary/aromatic N) is 1. The minimum Gasteiger partial charge on any atom is -0.477 e. The zero-order valence-electron chi connectivity index (χ0n) is 8.54. The van der Waals surface area contributed by atoms with Gasteiger partial charge in [0.1, 0.15) is 5.70 Å². The lowest BCUT2D eigenvalue weighted by molar-refractivity contribution is -0.163. The molecular weight excluding hydrogens is 198 g/mol. The molecule has 2 heterocycles. The van der Waals surface area contributed by atoms with Gasteiger partial charge in [-0.1, -0.05) is 6.92 Å². The molecule has 3 unspecified atom stereocenters. The first kappa shape index (κ1) is 10.2. The molecule has 1 amide bonds. The summed E-state index contributed by atoms with van der Waals surface area (Å²) < 4.78 is 0. The van der Waals surface area contributed by atoms with E-state index in [0.29, 0.717) is 0 Å². The Hall–Kier alpha value is -1.36. The van der Waals surface area contributed by atoms with Crippen LogP contribution in [0.5, 0.6) is 0 Å². The number of aliphatic hydroxyl groups excluding tert-OH is 1. The number of carbonyl (C=O) groups is 2. The van der Waals surface area contributed by atoms with E-state index < -0.39 is 18.0 Å². The molecule has 0 spiro atoms. The van der Waals surface area contributed by atoms with Gasteiger partial charge < -0.3 is 15.1 Å². The molecule has 0 bridgehead atoms. The first-order valence-electron chi connectivity index (χ1n) is 4.91. The predicted molar refractivity (Wildman–Crippen MR) is 50.7 cm³/mol. The Morgan fingerprint density at radius 2 is 2.20 bits per heavy atom. The fourth-order valence-electron chi connectivity index (χ4n) is 2.47. The Kier molecular flexibility index (Phi) is 2.08. The van der Waals surface area contributed by atoms with E-state index in [0.717, 1.165) is 0 Å². The van der Waals surface area contributed by atoms with E-state index in [9.17, 15) is 14.7 Å². The number of aliphatic hydroxyl groups is 1. The quantitative estimate of drug-likeness (QED) is 0.621. The Labute approximate surface area is 87.0 Å². The molecule has 0 saturated carbocycles. The fourth-order valence-corrected chi connectivity index (χ4v) is 2.47. The second kappa shape index (κ2) is 3.06. The molecule has 2 N–H and O–H groups in total. The van der Waals surface area contributed by atoms with Crippen molar-refractivity contribution in [3.8, 4) is 0 Å². The van der Waals surface area contributed by atoms with E-state index in [4.69, 9.17) is 5.11 Å². The van der Waals surface area contributed by atoms with Gasteiger partial charge >= 0.3 is 5.97 Å². The Bertz CT molecular complexity index is 360. The number of rotatable bonds is 2. The predicted octanol–water partition coefficient (Wildman–Crippen LogP) is -0.188. The van der Waals surface area contributed by atoms with Crippen LogP contribution in [-0.2, 0) is 9.59 Å². The molecule has 5 nitrogen and oxygen atoms in total. The molecule has 5 heteroatoms. The maximum atomic E-state index is 11.6. The zero-order chi connectivity index (χ0) is 11.3. The van der Waals surface area contributed by atoms with Crippen LogP contribution in [0.25, 0.3) is 0 Å². The molecule has 2 aliphatic heterocycles. The van der Waals surface area contributed by atoms with Crippen LogP contribution < -0.4 is 0 Å². The summed E-state index contributed by atoms with van der Waals surface area (Å²) in [5.41, 5.74) is 0.0504. The van der Waals surface area contributed by atoms with Gasteiger partial charge in [0.15, 0.2) is 0 Å². The van der Waals surface area contributed by atoms with Gasteiger partial charge in [0.2, 0.25) is 5.91 Å². The molecule has 1 saturated heterocycles. The number of carboxylic acid groups (broad SMARTS) is 1. The van der Waals surface area contributed by atoms with E-state index in [2.05, 4.69) is 0 Å². The third-order valence-electron chi connectivity index (χ3n) is 3.15. The molecule has 0 aromatic carbocycles. The third-order valence-corrected chi connectivity index (χ3v) is 3.15. The highest BCUT2D eigenvalue weighted by molar-refractivity contribution is 5.99. The van der Waals surface area contributed by atoms with E-state index in [1.807, 2.05) is 6.92 Å². The van der Waals surface area contributed by atoms with Crippen molar-refractivity contribution >= 4 is 11.9 Å². The van der Waals surface area contributed by atoms with Gasteiger partial charge in [0, 0.05) is 0 Å². The third kappa shape index (κ3) is 1.19. The highest BCUT2D eigenvalue weighted by Gasteiger charge is 2.57. The summed E-state index contributed by atoms with van der Waals surface area (Å²) in [6.45, 7) is 3.42. The van der Waals surface area contributed by atoms with Crippen LogP contribution in [0.15, 0.2) is 11.8 Å². The summed E-state index contributed by atoms with van der Waals surface area (Å²) in [7, 11) is 0. The first-order valence-corrected chi connectivity index (χ1v) is 4.91. The van der Waals surface area contributed by atoms with E-state index in [1.54, 1.807) is 13.0 Å². The fraction of sp³-hybridized carbons (Fsp3) is 0.600. The summed E-state index contributed by atoms with van der Waals surface area (Å²) in [5.74, 6) is -1.82. The molecule has 82 valence electrons. The topological polar surface area (TPSA) is 77.8 Å². The zero-order valence-corrected chi connectivity index (χ0v) is 8.54. The van der Waals surface area contributed by atoms with Crippen LogP contribution in [0, 0.1) is 11.8 Å². The van der Waals surface area contributed by atoms with Crippen molar-refractivity contribution < 1.29 is 19.8 Å². The lowest BCUT2D eigenvalue weighted by atomic mass is 9.79. The average molecular weight is 211 g/mol. The minimum absolute atomic E-state index is 0.00611. The standard InChI is InChI=1S/C10H13NO4/c1-4-3-6(10(14)15)11-8(4)7(5(2)12)9(11)13/h3-5,7-8,12H,1-2H3,(H,14,15)/t4?,5-,7?,8?/m1/s1. The molecule has 1 fully saturated rings. The van der Waals surface area contributed by atoms with Gasteiger partial charge in [-0.05, 0) is 18.9 Å². The summed E-state index contributed by atoms with van der Waals surface area (Å²) >= 11 is 0. The Balaban J connectivity index is 2.26. The van der Waals surface area contributed by atoms with Crippen molar-refractivity contribution in [3.63, 3.8) is 0 Å². The highest BCUT2D eigenvalue weighted by Crippen LogP contribution is 2.43. The van der Waals surface area contributed by atoms with Gasteiger partial charge in [-0.25, -0.2) is 4.79 Å². The van der Waals surface area contributed by atoms with E-state index in [1.165, 1.54) is 4.90 Å². The smallest absolute Gasteiger partial charge is 0.352 e. The van der Waals surface area contributed by atoms with E-state index in [-0.39, 0.29) is 23.6 Å². The number of β-lactam (4-membered cyclic amide) rings is 1. The number of aliphatic carboxylic acids is 1. The second-order valence-corrected chi connectivity index (χ2v) is 4.18. The number of fused-ring (bicyclic) bond motifs is 1. The van der Waals surface area contributed by atoms with Crippen molar-refractivity contribution in [2.75, 3.05) is 0 Å². The van der Waals surface area contributed by atoms with Gasteiger partial charge in [0.05, 0.1) is 18.1 Å². The normalized spacial score (nSPS) is 35.7. The van der Waals surface area contributed by atoms with Gasteiger partial charge in [-0.2, -0.15) is 0 Å². The summed E-state index contributed by atoms with van der Waals surface area (Å²) in [4.78, 5) is 23.7. The Morgan fingerprint density at radius 1 is 1.60 bits per heavy atom. The highest BCUT2D eigenvalue weighted by atomic mass is 16.4. The average Bonchev–Trinajstić information content (AvgIpc) is 2.38. The first-order chi connectivity index (χ1) is 6.95. The number of hydrogen-bond donors (Lipinski definition) is 2. The summed E-state index contributed by atoms with van der Waals surface area (Å²) in [5, 5.41) is 18.3. The maximum Gasteiger partial charge on any atom is 0.352 e. The molecule has 0 aromatic heterocycles. The van der Waals surface area contributed by atoms with Gasteiger partial charge in [-0.3, -0.25) is 4.79 Å². The molecule has 0 aliphatic carbocycles. The van der Waals surface area contributed by atoms with Crippen LogP contribution >= 0.6 is 0 Å². The molecule has 0 aromatic rings. The lowest BCUT2D eigenvalue weighted by Crippen LogP contribution is -2.63. The summed E-state index contributed by atoms with van der Waals surface area (Å²) in [6, 6.07) is -0.177. The molecule has 0 radical (unpaired) electrons. The van der Waals surface area contributed by atoms with Crippen LogP contribution in [0.3, 0.4) is 0 Å². The minimum atomic E-state index is -1.08. The van der Waals surface area contributed by atoms with Crippen molar-refractivity contribution in [2.24, 2.45) is 11.8 Å². The maximum absolute atomic E-state index is 11.6. The number of carbonyl (C=O) groups excluding carboxylic acids is 1. The second-order valence-electron chi connectivity index (χ2n) is 4.18. The Morgan fingerprint density at radius 3 is 2.67 bits per heavy atom. The van der Waals surface area contributed by atoms with Crippen molar-refractivity contribution in [1.29, 1.82) is 0 Å². The van der Waals surface area contributed by atoms with Crippen LogP contribution in [0.1, 0.15) is 13.8 Å². The van der Waals surface area contributed by atoms with Crippen LogP contribution in [0.2, 0.25) is 0 Å². The van der Waals surface area contributed by atoms with Crippen molar-refractivity contribution in [3.05, 3.63) is 11.8 Å². The SMILES string of the molecule is CC1C=C(C(=O)O)N2C(=O)C([C@@H](C)O)C12. The molecule has 15 heavy (non-hydrogen) atoms. The number of hydrogen-bond acceptors (Lipinski definition) is 3. The summed E-state index contributed by atoms with van der Waals surface area (Å²) in [6.07, 6.45) is 0.857. The molecule has 4 atom stereocenters. The van der Waals surface area contributed by atoms with Crippen molar-refractivity contribution in [2.45, 2.75) is 26.0 Å². The van der Waals surface area contributed by atoms with E-state index >= 15 is 0 Å². The van der Waals surface area contributed by atoms with Crippen LogP contribution in [-0.4, -0.2) is 39.1 Å². The number of carboxylic acids is 1. The molecule has 2 rings (SSSR count). The van der Waals surface area contributed by atoms with Crippen LogP contribution in [0.4, 0.5) is 0 Å². The monoisotopic (exact) mass is 211 g/mol. The largest absolute Gasteiger partial charge is 0.477 e. The molecular formula is C10H13NO4. The number of amides is 1. The van der Waals surface area contributed by atoms with Crippen molar-refractivity contribution in [1.82, 2.24) is 4.90 Å². The molecule has 2 aliphatic rings. The lowest BCUT2D eigenvalue weighted by Gasteiger charge is -2.46. The van der Waals surface area contributed by atoms with Gasteiger partial charge in [-0.15, -0.1) is 0 Å². The van der Waals surface area contributed by atoms with Gasteiger partial charge in [0.25, 0.3) is 0 Å².